The number of hydrogen-bond acceptors (Lipinski definition) is 5. The minimum atomic E-state index is -0.292. The lowest BCUT2D eigenvalue weighted by Crippen LogP contribution is -2.28. The third kappa shape index (κ3) is 2.71. The van der Waals surface area contributed by atoms with Gasteiger partial charge in [0.05, 0.1) is 12.0 Å². The molecule has 0 aliphatic carbocycles. The lowest BCUT2D eigenvalue weighted by molar-refractivity contribution is 0.0946. The predicted octanol–water partition coefficient (Wildman–Crippen LogP) is 0.615. The second kappa shape index (κ2) is 4.58. The fourth-order valence-electron chi connectivity index (χ4n) is 0.774. The summed E-state index contributed by atoms with van der Waals surface area (Å²) in [6.45, 7) is 2.06. The van der Waals surface area contributed by atoms with Crippen molar-refractivity contribution in [3.05, 3.63) is 11.1 Å². The maximum absolute atomic E-state index is 11.3. The molecule has 14 heavy (non-hydrogen) atoms. The summed E-state index contributed by atoms with van der Waals surface area (Å²) in [4.78, 5) is 15.2. The van der Waals surface area contributed by atoms with Crippen LogP contribution in [-0.2, 0) is 0 Å². The normalized spacial score (nSPS) is 11.7. The fraction of sp³-hybridized carbons (Fsp3) is 0.375. The smallest absolute Gasteiger partial charge is 0.270 e. The minimum Gasteiger partial charge on any atom is -0.375 e. The molecule has 1 atom stereocenters. The van der Waals surface area contributed by atoms with E-state index in [0.29, 0.717) is 17.4 Å². The second-order valence-electron chi connectivity index (χ2n) is 2.81. The predicted molar refractivity (Wildman–Crippen MR) is 53.6 cm³/mol. The Morgan fingerprint density at radius 2 is 2.64 bits per heavy atom. The molecule has 3 N–H and O–H groups in total. The van der Waals surface area contributed by atoms with Crippen molar-refractivity contribution in [2.75, 3.05) is 12.3 Å². The SMILES string of the molecule is CC(C#N)CNC(=O)c1csc(N)n1. The number of carbonyl (C=O) groups is 1. The van der Waals surface area contributed by atoms with Gasteiger partial charge in [-0.05, 0) is 6.92 Å². The molecule has 0 saturated heterocycles. The van der Waals surface area contributed by atoms with Crippen molar-refractivity contribution in [1.29, 1.82) is 5.26 Å². The molecule has 6 heteroatoms. The first kappa shape index (κ1) is 10.5. The summed E-state index contributed by atoms with van der Waals surface area (Å²) in [6, 6.07) is 2.02. The first-order valence-corrected chi connectivity index (χ1v) is 4.90. The van der Waals surface area contributed by atoms with Crippen LogP contribution in [0.4, 0.5) is 5.13 Å². The molecule has 1 aromatic heterocycles. The zero-order valence-corrected chi connectivity index (χ0v) is 8.47. The van der Waals surface area contributed by atoms with E-state index in [4.69, 9.17) is 11.0 Å². The summed E-state index contributed by atoms with van der Waals surface area (Å²) in [5, 5.41) is 13.0. The second-order valence-corrected chi connectivity index (χ2v) is 3.70. The van der Waals surface area contributed by atoms with Crippen LogP contribution in [-0.4, -0.2) is 17.4 Å². The number of nitrogens with zero attached hydrogens (tertiary/aromatic N) is 2. The van der Waals surface area contributed by atoms with E-state index in [1.54, 1.807) is 12.3 Å². The number of nitrogen functional groups attached to an aromatic ring is 1. The summed E-state index contributed by atoms with van der Waals surface area (Å²) < 4.78 is 0. The van der Waals surface area contributed by atoms with Crippen LogP contribution in [0.15, 0.2) is 5.38 Å². The molecule has 0 bridgehead atoms. The van der Waals surface area contributed by atoms with Crippen LogP contribution < -0.4 is 11.1 Å². The molecule has 0 saturated carbocycles. The zero-order chi connectivity index (χ0) is 10.6. The molecule has 5 nitrogen and oxygen atoms in total. The number of rotatable bonds is 3. The minimum absolute atomic E-state index is 0.199. The summed E-state index contributed by atoms with van der Waals surface area (Å²) in [5.41, 5.74) is 5.68. The highest BCUT2D eigenvalue weighted by atomic mass is 32.1. The van der Waals surface area contributed by atoms with Gasteiger partial charge in [-0.3, -0.25) is 4.79 Å². The molecule has 74 valence electrons. The molecule has 0 aliphatic heterocycles. The highest BCUT2D eigenvalue weighted by Gasteiger charge is 2.10. The van der Waals surface area contributed by atoms with E-state index in [2.05, 4.69) is 10.3 Å². The highest BCUT2D eigenvalue weighted by Crippen LogP contribution is 2.10. The molecular formula is C8H10N4OS. The van der Waals surface area contributed by atoms with Crippen LogP contribution in [0.2, 0.25) is 0 Å². The Hall–Kier alpha value is -1.61. The van der Waals surface area contributed by atoms with Gasteiger partial charge in [0, 0.05) is 11.9 Å². The van der Waals surface area contributed by atoms with Gasteiger partial charge in [-0.15, -0.1) is 11.3 Å². The van der Waals surface area contributed by atoms with E-state index in [9.17, 15) is 4.79 Å². The summed E-state index contributed by atoms with van der Waals surface area (Å²) in [6.07, 6.45) is 0. The molecule has 1 aromatic rings. The number of nitrogens with one attached hydrogen (secondary N) is 1. The summed E-state index contributed by atoms with van der Waals surface area (Å²) >= 11 is 1.21. The van der Waals surface area contributed by atoms with E-state index >= 15 is 0 Å². The van der Waals surface area contributed by atoms with Gasteiger partial charge in [0.25, 0.3) is 5.91 Å². The van der Waals surface area contributed by atoms with Crippen molar-refractivity contribution in [3.8, 4) is 6.07 Å². The fourth-order valence-corrected chi connectivity index (χ4v) is 1.32. The Kier molecular flexibility index (Phi) is 3.42. The third-order valence-electron chi connectivity index (χ3n) is 1.54. The number of anilines is 1. The standard InChI is InChI=1S/C8H10N4OS/c1-5(2-9)3-11-7(13)6-4-14-8(10)12-6/h4-5H,3H2,1H3,(H2,10,12)(H,11,13). The molecular weight excluding hydrogens is 200 g/mol. The van der Waals surface area contributed by atoms with Crippen LogP contribution in [0.5, 0.6) is 0 Å². The van der Waals surface area contributed by atoms with Gasteiger partial charge in [-0.1, -0.05) is 0 Å². The van der Waals surface area contributed by atoms with E-state index in [-0.39, 0.29) is 11.8 Å². The quantitative estimate of drug-likeness (QED) is 0.764. The van der Waals surface area contributed by atoms with Gasteiger partial charge < -0.3 is 11.1 Å². The van der Waals surface area contributed by atoms with Gasteiger partial charge in [-0.2, -0.15) is 5.26 Å². The highest BCUT2D eigenvalue weighted by molar-refractivity contribution is 7.13. The van der Waals surface area contributed by atoms with E-state index < -0.39 is 0 Å². The molecule has 1 amide bonds. The maximum Gasteiger partial charge on any atom is 0.270 e. The molecule has 0 radical (unpaired) electrons. The molecule has 1 rings (SSSR count). The van der Waals surface area contributed by atoms with Gasteiger partial charge in [-0.25, -0.2) is 4.98 Å². The van der Waals surface area contributed by atoms with Crippen LogP contribution >= 0.6 is 11.3 Å². The first-order valence-electron chi connectivity index (χ1n) is 4.02. The first-order chi connectivity index (χ1) is 6.63. The zero-order valence-electron chi connectivity index (χ0n) is 7.65. The number of thiazole rings is 1. The Morgan fingerprint density at radius 3 is 3.14 bits per heavy atom. The number of carbonyl (C=O) groups excluding carboxylic acids is 1. The van der Waals surface area contributed by atoms with Crippen molar-refractivity contribution in [3.63, 3.8) is 0 Å². The van der Waals surface area contributed by atoms with Gasteiger partial charge >= 0.3 is 0 Å². The number of amides is 1. The average Bonchev–Trinajstić information content (AvgIpc) is 2.60. The molecule has 1 heterocycles. The van der Waals surface area contributed by atoms with Crippen molar-refractivity contribution in [2.24, 2.45) is 5.92 Å². The Morgan fingerprint density at radius 1 is 1.93 bits per heavy atom. The lowest BCUT2D eigenvalue weighted by Gasteiger charge is -2.03. The maximum atomic E-state index is 11.3. The monoisotopic (exact) mass is 210 g/mol. The van der Waals surface area contributed by atoms with Gasteiger partial charge in [0.2, 0.25) is 0 Å². The number of hydrogen-bond donors (Lipinski definition) is 2. The Balaban J connectivity index is 2.48. The molecule has 0 fully saturated rings. The topological polar surface area (TPSA) is 91.8 Å². The Labute approximate surface area is 85.6 Å². The number of nitrogens with two attached hydrogens (primary N) is 1. The summed E-state index contributed by atoms with van der Waals surface area (Å²) in [7, 11) is 0. The van der Waals surface area contributed by atoms with Gasteiger partial charge in [0.1, 0.15) is 5.69 Å². The van der Waals surface area contributed by atoms with Crippen LogP contribution in [0.3, 0.4) is 0 Å². The Bertz CT molecular complexity index is 368. The van der Waals surface area contributed by atoms with Crippen LogP contribution in [0.1, 0.15) is 17.4 Å². The van der Waals surface area contributed by atoms with Crippen LogP contribution in [0, 0.1) is 17.2 Å². The van der Waals surface area contributed by atoms with Gasteiger partial charge in [0.15, 0.2) is 5.13 Å². The summed E-state index contributed by atoms with van der Waals surface area (Å²) in [5.74, 6) is -0.491. The van der Waals surface area contributed by atoms with E-state index in [1.165, 1.54) is 11.3 Å². The third-order valence-corrected chi connectivity index (χ3v) is 2.22. The number of aromatic nitrogens is 1. The molecule has 0 spiro atoms. The molecule has 0 aliphatic rings. The van der Waals surface area contributed by atoms with Crippen molar-refractivity contribution >= 4 is 22.4 Å². The van der Waals surface area contributed by atoms with E-state index in [1.807, 2.05) is 6.07 Å². The van der Waals surface area contributed by atoms with Crippen molar-refractivity contribution in [2.45, 2.75) is 6.92 Å². The number of nitriles is 1. The molecule has 1 unspecified atom stereocenters. The largest absolute Gasteiger partial charge is 0.375 e. The molecule has 0 aromatic carbocycles. The van der Waals surface area contributed by atoms with Crippen LogP contribution in [0.25, 0.3) is 0 Å². The van der Waals surface area contributed by atoms with Crippen molar-refractivity contribution < 1.29 is 4.79 Å². The average molecular weight is 210 g/mol. The van der Waals surface area contributed by atoms with E-state index in [0.717, 1.165) is 0 Å². The lowest BCUT2D eigenvalue weighted by atomic mass is 10.2. The van der Waals surface area contributed by atoms with Crippen molar-refractivity contribution in [1.82, 2.24) is 10.3 Å².